The van der Waals surface area contributed by atoms with Crippen LogP contribution in [0.2, 0.25) is 0 Å². The number of carboxylic acid groups (broad SMARTS) is 1. The number of carbonyl (C=O) groups is 1. The number of aromatic amines is 1. The Hall–Kier alpha value is -4.47. The van der Waals surface area contributed by atoms with E-state index in [2.05, 4.69) is 20.3 Å². The minimum Gasteiger partial charge on any atom is -0.477 e. The molecule has 0 bridgehead atoms. The van der Waals surface area contributed by atoms with Gasteiger partial charge in [0.25, 0.3) is 5.56 Å². The van der Waals surface area contributed by atoms with Crippen molar-refractivity contribution in [3.8, 4) is 22.5 Å². The minimum absolute atomic E-state index is 0.00635. The Bertz CT molecular complexity index is 1440. The van der Waals surface area contributed by atoms with Crippen molar-refractivity contribution < 1.29 is 23.1 Å². The molecule has 0 saturated heterocycles. The third-order valence-corrected chi connectivity index (χ3v) is 5.33. The number of nitrogens with zero attached hydrogens (tertiary/aromatic N) is 2. The second-order valence-electron chi connectivity index (χ2n) is 7.73. The summed E-state index contributed by atoms with van der Waals surface area (Å²) < 4.78 is 39.9. The minimum atomic E-state index is -4.60. The molecule has 0 fully saturated rings. The summed E-state index contributed by atoms with van der Waals surface area (Å²) in [4.78, 5) is 35.0. The normalized spacial score (nSPS) is 12.2. The molecule has 0 radical (unpaired) electrons. The van der Waals surface area contributed by atoms with Crippen LogP contribution in [0.4, 0.5) is 19.1 Å². The molecule has 4 rings (SSSR count). The number of aromatic carboxylic acids is 1. The third kappa shape index (κ3) is 5.21. The molecule has 10 heteroatoms. The molecule has 0 spiro atoms. The third-order valence-electron chi connectivity index (χ3n) is 5.33. The van der Waals surface area contributed by atoms with Crippen LogP contribution in [0.15, 0.2) is 77.7 Å². The van der Waals surface area contributed by atoms with Gasteiger partial charge < -0.3 is 15.4 Å². The highest BCUT2D eigenvalue weighted by molar-refractivity contribution is 5.91. The van der Waals surface area contributed by atoms with Gasteiger partial charge in [0.2, 0.25) is 5.95 Å². The van der Waals surface area contributed by atoms with Crippen molar-refractivity contribution in [2.24, 2.45) is 0 Å². The zero-order valence-corrected chi connectivity index (χ0v) is 18.3. The molecule has 0 aliphatic carbocycles. The Morgan fingerprint density at radius 2 is 1.80 bits per heavy atom. The first kappa shape index (κ1) is 23.7. The average molecular weight is 480 g/mol. The number of anilines is 1. The van der Waals surface area contributed by atoms with Crippen molar-refractivity contribution >= 4 is 11.9 Å². The lowest BCUT2D eigenvalue weighted by Crippen LogP contribution is -2.19. The van der Waals surface area contributed by atoms with Gasteiger partial charge in [-0.3, -0.25) is 4.79 Å². The number of carboxylic acids is 1. The first-order chi connectivity index (χ1) is 16.6. The highest BCUT2D eigenvalue weighted by Crippen LogP contribution is 2.35. The lowest BCUT2D eigenvalue weighted by Gasteiger charge is -2.16. The molecule has 0 amide bonds. The van der Waals surface area contributed by atoms with Crippen molar-refractivity contribution in [3.05, 3.63) is 100.0 Å². The molecular formula is C25H19F3N4O3. The fourth-order valence-electron chi connectivity index (χ4n) is 3.57. The lowest BCUT2D eigenvalue weighted by atomic mass is 9.99. The molecule has 3 N–H and O–H groups in total. The number of benzene rings is 2. The first-order valence-electron chi connectivity index (χ1n) is 10.5. The number of rotatable bonds is 6. The van der Waals surface area contributed by atoms with Crippen molar-refractivity contribution in [1.82, 2.24) is 15.0 Å². The van der Waals surface area contributed by atoms with E-state index in [1.807, 2.05) is 37.3 Å². The van der Waals surface area contributed by atoms with Crippen LogP contribution in [0, 0.1) is 0 Å². The van der Waals surface area contributed by atoms with Crippen molar-refractivity contribution in [2.75, 3.05) is 5.32 Å². The number of hydrogen-bond donors (Lipinski definition) is 3. The quantitative estimate of drug-likeness (QED) is 0.342. The fourth-order valence-corrected chi connectivity index (χ4v) is 3.57. The van der Waals surface area contributed by atoms with Crippen LogP contribution < -0.4 is 10.9 Å². The molecule has 178 valence electrons. The summed E-state index contributed by atoms with van der Waals surface area (Å²) in [5, 5.41) is 12.6. The van der Waals surface area contributed by atoms with Crippen molar-refractivity contribution in [1.29, 1.82) is 0 Å². The summed E-state index contributed by atoms with van der Waals surface area (Å²) in [5.41, 5.74) is -1.04. The number of nitrogens with one attached hydrogen (secondary N) is 2. The summed E-state index contributed by atoms with van der Waals surface area (Å²) in [6.07, 6.45) is -3.17. The van der Waals surface area contributed by atoms with E-state index >= 15 is 0 Å². The van der Waals surface area contributed by atoms with Gasteiger partial charge in [-0.25, -0.2) is 14.8 Å². The lowest BCUT2D eigenvalue weighted by molar-refractivity contribution is -0.137. The van der Waals surface area contributed by atoms with Crippen LogP contribution in [0.3, 0.4) is 0 Å². The zero-order chi connectivity index (χ0) is 25.2. The summed E-state index contributed by atoms with van der Waals surface area (Å²) in [6, 6.07) is 16.3. The van der Waals surface area contributed by atoms with Gasteiger partial charge in [-0.15, -0.1) is 0 Å². The first-order valence-corrected chi connectivity index (χ1v) is 10.5. The Kier molecular flexibility index (Phi) is 6.37. The molecule has 0 saturated carbocycles. The Morgan fingerprint density at radius 3 is 2.49 bits per heavy atom. The molecule has 0 unspecified atom stereocenters. The maximum Gasteiger partial charge on any atom is 0.416 e. The van der Waals surface area contributed by atoms with Gasteiger partial charge >= 0.3 is 12.1 Å². The SMILES string of the molecule is C[C@H](Nc1nccc(-c2cc(C(=O)O)c(=O)[nH]c2-c2cccc(C(F)(F)F)c2)n1)c1ccccc1. The smallest absolute Gasteiger partial charge is 0.416 e. The number of aromatic nitrogens is 3. The van der Waals surface area contributed by atoms with Gasteiger partial charge in [-0.1, -0.05) is 42.5 Å². The molecule has 7 nitrogen and oxygen atoms in total. The molecule has 1 atom stereocenters. The van der Waals surface area contributed by atoms with E-state index in [4.69, 9.17) is 0 Å². The standard InChI is InChI=1S/C25H19F3N4O3/c1-14(15-6-3-2-4-7-15)30-24-29-11-10-20(31-24)18-13-19(23(34)35)22(33)32-21(18)16-8-5-9-17(12-16)25(26,27)28/h2-14H,1H3,(H,32,33)(H,34,35)(H,29,30,31)/t14-/m0/s1. The fraction of sp³-hybridized carbons (Fsp3) is 0.120. The maximum atomic E-state index is 13.3. The van der Waals surface area contributed by atoms with Gasteiger partial charge in [0.15, 0.2) is 0 Å². The molecule has 0 aliphatic rings. The number of halogens is 3. The van der Waals surface area contributed by atoms with Gasteiger partial charge in [-0.05, 0) is 42.3 Å². The van der Waals surface area contributed by atoms with Gasteiger partial charge in [0.05, 0.1) is 23.0 Å². The Balaban J connectivity index is 1.82. The number of hydrogen-bond acceptors (Lipinski definition) is 5. The predicted molar refractivity (Wildman–Crippen MR) is 124 cm³/mol. The van der Waals surface area contributed by atoms with Crippen LogP contribution >= 0.6 is 0 Å². The van der Waals surface area contributed by atoms with Crippen LogP contribution in [0.1, 0.15) is 34.5 Å². The summed E-state index contributed by atoms with van der Waals surface area (Å²) in [7, 11) is 0. The summed E-state index contributed by atoms with van der Waals surface area (Å²) >= 11 is 0. The van der Waals surface area contributed by atoms with Crippen LogP contribution in [0.5, 0.6) is 0 Å². The topological polar surface area (TPSA) is 108 Å². The second-order valence-corrected chi connectivity index (χ2v) is 7.73. The predicted octanol–water partition coefficient (Wildman–Crippen LogP) is 5.39. The number of pyridine rings is 1. The molecule has 4 aromatic rings. The summed E-state index contributed by atoms with van der Waals surface area (Å²) in [5.74, 6) is -1.26. The molecule has 2 aromatic heterocycles. The number of H-pyrrole nitrogens is 1. The average Bonchev–Trinajstić information content (AvgIpc) is 2.84. The molecule has 2 aromatic carbocycles. The van der Waals surface area contributed by atoms with Gasteiger partial charge in [0, 0.05) is 11.8 Å². The van der Waals surface area contributed by atoms with E-state index in [1.165, 1.54) is 24.4 Å². The highest BCUT2D eigenvalue weighted by atomic mass is 19.4. The largest absolute Gasteiger partial charge is 0.477 e. The van der Waals surface area contributed by atoms with E-state index < -0.39 is 28.8 Å². The highest BCUT2D eigenvalue weighted by Gasteiger charge is 2.31. The van der Waals surface area contributed by atoms with Crippen LogP contribution in [0.25, 0.3) is 22.5 Å². The monoisotopic (exact) mass is 480 g/mol. The Labute approximate surface area is 197 Å². The van der Waals surface area contributed by atoms with Gasteiger partial charge in [-0.2, -0.15) is 13.2 Å². The van der Waals surface area contributed by atoms with Gasteiger partial charge in [0.1, 0.15) is 5.56 Å². The van der Waals surface area contributed by atoms with E-state index in [1.54, 1.807) is 0 Å². The molecule has 2 heterocycles. The number of alkyl halides is 3. The summed E-state index contributed by atoms with van der Waals surface area (Å²) in [6.45, 7) is 1.90. The maximum absolute atomic E-state index is 13.3. The molecular weight excluding hydrogens is 461 g/mol. The molecule has 35 heavy (non-hydrogen) atoms. The van der Waals surface area contributed by atoms with Crippen molar-refractivity contribution in [2.45, 2.75) is 19.1 Å². The Morgan fingerprint density at radius 1 is 1.06 bits per heavy atom. The van der Waals surface area contributed by atoms with E-state index in [0.717, 1.165) is 23.8 Å². The van der Waals surface area contributed by atoms with Crippen LogP contribution in [-0.4, -0.2) is 26.0 Å². The van der Waals surface area contributed by atoms with Crippen molar-refractivity contribution in [3.63, 3.8) is 0 Å². The second kappa shape index (κ2) is 9.41. The van der Waals surface area contributed by atoms with Crippen LogP contribution in [-0.2, 0) is 6.18 Å². The van der Waals surface area contributed by atoms with E-state index in [9.17, 15) is 27.9 Å². The van der Waals surface area contributed by atoms with E-state index in [-0.39, 0.29) is 34.5 Å². The molecule has 0 aliphatic heterocycles. The zero-order valence-electron chi connectivity index (χ0n) is 18.3. The van der Waals surface area contributed by atoms with E-state index in [0.29, 0.717) is 0 Å².